The Balaban J connectivity index is 2.09. The lowest BCUT2D eigenvalue weighted by Gasteiger charge is -2.07. The number of rotatable bonds is 6. The summed E-state index contributed by atoms with van der Waals surface area (Å²) < 4.78 is 5.29. The number of benzene rings is 1. The molecule has 2 aromatic rings. The zero-order valence-corrected chi connectivity index (χ0v) is 13.7. The first kappa shape index (κ1) is 16.8. The van der Waals surface area contributed by atoms with Gasteiger partial charge in [-0.1, -0.05) is 24.3 Å². The summed E-state index contributed by atoms with van der Waals surface area (Å²) in [5.41, 5.74) is 9.11. The lowest BCUT2D eigenvalue weighted by molar-refractivity contribution is 0.0958. The van der Waals surface area contributed by atoms with Gasteiger partial charge in [-0.25, -0.2) is 10.4 Å². The number of nitrogens with zero attached hydrogens (tertiary/aromatic N) is 2. The van der Waals surface area contributed by atoms with Crippen LogP contribution in [0, 0.1) is 0 Å². The number of aromatic nitrogens is 1. The number of amides is 1. The van der Waals surface area contributed by atoms with Crippen molar-refractivity contribution in [3.8, 4) is 11.5 Å². The third-order valence-corrected chi connectivity index (χ3v) is 3.88. The normalized spacial score (nSPS) is 10.9. The molecule has 0 aliphatic rings. The van der Waals surface area contributed by atoms with Crippen molar-refractivity contribution in [1.82, 2.24) is 10.4 Å². The fourth-order valence-electron chi connectivity index (χ4n) is 1.91. The quantitative estimate of drug-likeness (QED) is 0.554. The molecule has 0 spiro atoms. The number of nitrogens with one attached hydrogen (secondary N) is 1. The van der Waals surface area contributed by atoms with Gasteiger partial charge in [-0.15, -0.1) is 0 Å². The Morgan fingerprint density at radius 2 is 2.30 bits per heavy atom. The van der Waals surface area contributed by atoms with Crippen LogP contribution in [0.5, 0.6) is 11.5 Å². The molecule has 4 N–H and O–H groups in total. The van der Waals surface area contributed by atoms with E-state index < -0.39 is 0 Å². The third kappa shape index (κ3) is 3.98. The van der Waals surface area contributed by atoms with Crippen LogP contribution in [-0.2, 0) is 6.42 Å². The minimum atomic E-state index is -0.382. The number of phenolic OH excluding ortho intramolecular Hbond substituents is 1. The predicted molar refractivity (Wildman–Crippen MR) is 90.2 cm³/mol. The molecule has 0 radical (unpaired) electrons. The summed E-state index contributed by atoms with van der Waals surface area (Å²) in [5, 5.41) is 14.2. The van der Waals surface area contributed by atoms with Gasteiger partial charge in [-0.3, -0.25) is 4.79 Å². The summed E-state index contributed by atoms with van der Waals surface area (Å²) in [6.45, 7) is 4.16. The van der Waals surface area contributed by atoms with Crippen molar-refractivity contribution < 1.29 is 14.6 Å². The molecule has 122 valence electrons. The summed E-state index contributed by atoms with van der Waals surface area (Å²) in [6.07, 6.45) is 1.96. The second kappa shape index (κ2) is 7.59. The number of hydrazone groups is 1. The second-order valence-corrected chi connectivity index (χ2v) is 5.54. The van der Waals surface area contributed by atoms with Crippen molar-refractivity contribution in [3.63, 3.8) is 0 Å². The summed E-state index contributed by atoms with van der Waals surface area (Å²) in [7, 11) is 0. The average Bonchev–Trinajstić information content (AvgIpc) is 2.92. The number of nitrogen functional groups attached to an aromatic ring is 1. The lowest BCUT2D eigenvalue weighted by atomic mass is 10.2. The molecule has 0 saturated carbocycles. The highest BCUT2D eigenvalue weighted by molar-refractivity contribution is 7.17. The van der Waals surface area contributed by atoms with E-state index in [1.807, 2.05) is 13.8 Å². The van der Waals surface area contributed by atoms with Crippen LogP contribution in [-0.4, -0.2) is 28.8 Å². The summed E-state index contributed by atoms with van der Waals surface area (Å²) in [4.78, 5) is 16.6. The molecule has 2 rings (SSSR count). The van der Waals surface area contributed by atoms with Crippen LogP contribution in [0.4, 0.5) is 5.13 Å². The van der Waals surface area contributed by atoms with Gasteiger partial charge in [0, 0.05) is 5.56 Å². The molecule has 8 heteroatoms. The number of phenols is 1. The average molecular weight is 334 g/mol. The zero-order chi connectivity index (χ0) is 16.8. The molecule has 1 aromatic heterocycles. The van der Waals surface area contributed by atoms with Crippen molar-refractivity contribution in [2.75, 3.05) is 12.3 Å². The molecule has 1 amide bonds. The van der Waals surface area contributed by atoms with Gasteiger partial charge in [-0.05, 0) is 25.5 Å². The maximum Gasteiger partial charge on any atom is 0.283 e. The van der Waals surface area contributed by atoms with E-state index in [-0.39, 0.29) is 11.7 Å². The Labute approximate surface area is 137 Å². The third-order valence-electron chi connectivity index (χ3n) is 2.95. The van der Waals surface area contributed by atoms with Gasteiger partial charge in [0.05, 0.1) is 18.5 Å². The summed E-state index contributed by atoms with van der Waals surface area (Å²) in [6, 6.07) is 5.05. The molecule has 0 aliphatic heterocycles. The smallest absolute Gasteiger partial charge is 0.283 e. The molecule has 0 aliphatic carbocycles. The van der Waals surface area contributed by atoms with E-state index in [2.05, 4.69) is 15.5 Å². The fraction of sp³-hybridized carbons (Fsp3) is 0.267. The van der Waals surface area contributed by atoms with Gasteiger partial charge >= 0.3 is 0 Å². The Morgan fingerprint density at radius 3 is 3.00 bits per heavy atom. The van der Waals surface area contributed by atoms with Crippen LogP contribution in [0.3, 0.4) is 0 Å². The minimum absolute atomic E-state index is 0.0244. The van der Waals surface area contributed by atoms with Gasteiger partial charge in [0.1, 0.15) is 4.88 Å². The molecule has 0 saturated heterocycles. The van der Waals surface area contributed by atoms with Gasteiger partial charge in [0.2, 0.25) is 0 Å². The number of carbonyl (C=O) groups is 1. The monoisotopic (exact) mass is 334 g/mol. The highest BCUT2D eigenvalue weighted by Gasteiger charge is 2.15. The number of nitrogens with two attached hydrogens (primary N) is 1. The van der Waals surface area contributed by atoms with E-state index in [1.165, 1.54) is 6.21 Å². The maximum atomic E-state index is 12.1. The molecule has 23 heavy (non-hydrogen) atoms. The van der Waals surface area contributed by atoms with Crippen molar-refractivity contribution in [2.45, 2.75) is 20.3 Å². The van der Waals surface area contributed by atoms with E-state index in [9.17, 15) is 9.90 Å². The first-order valence-electron chi connectivity index (χ1n) is 7.10. The van der Waals surface area contributed by atoms with Crippen molar-refractivity contribution in [1.29, 1.82) is 0 Å². The first-order valence-corrected chi connectivity index (χ1v) is 7.91. The number of hydrogen-bond donors (Lipinski definition) is 3. The van der Waals surface area contributed by atoms with Crippen LogP contribution < -0.4 is 15.9 Å². The Kier molecular flexibility index (Phi) is 5.53. The van der Waals surface area contributed by atoms with Crippen LogP contribution in [0.1, 0.15) is 34.8 Å². The number of hydrogen-bond acceptors (Lipinski definition) is 7. The van der Waals surface area contributed by atoms with E-state index in [4.69, 9.17) is 10.5 Å². The fourth-order valence-corrected chi connectivity index (χ4v) is 2.72. The highest BCUT2D eigenvalue weighted by Crippen LogP contribution is 2.28. The van der Waals surface area contributed by atoms with Crippen molar-refractivity contribution in [3.05, 3.63) is 34.3 Å². The predicted octanol–water partition coefficient (Wildman–Crippen LogP) is 2.16. The number of thiazole rings is 1. The number of para-hydroxylation sites is 1. The molecule has 0 unspecified atom stereocenters. The lowest BCUT2D eigenvalue weighted by Crippen LogP contribution is -2.17. The van der Waals surface area contributed by atoms with Crippen LogP contribution >= 0.6 is 11.3 Å². The van der Waals surface area contributed by atoms with E-state index in [0.29, 0.717) is 40.0 Å². The molecule has 1 aromatic carbocycles. The Bertz CT molecular complexity index is 728. The van der Waals surface area contributed by atoms with Crippen LogP contribution in [0.2, 0.25) is 0 Å². The molecule has 0 bridgehead atoms. The summed E-state index contributed by atoms with van der Waals surface area (Å²) in [5.74, 6) is -0.0392. The number of aryl methyl sites for hydroxylation is 1. The molecular formula is C15H18N4O3S. The molecule has 0 atom stereocenters. The van der Waals surface area contributed by atoms with Gasteiger partial charge in [0.15, 0.2) is 16.6 Å². The van der Waals surface area contributed by atoms with Gasteiger partial charge in [-0.2, -0.15) is 5.10 Å². The standard InChI is InChI=1S/C15H18N4O3S/c1-3-10-13(23-15(16)18-10)14(21)19-17-8-9-6-5-7-11(12(9)20)22-4-2/h5-8,20H,3-4H2,1-2H3,(H2,16,18)(H,19,21)/b17-8-. The van der Waals surface area contributed by atoms with E-state index in [1.54, 1.807) is 18.2 Å². The van der Waals surface area contributed by atoms with E-state index in [0.717, 1.165) is 11.3 Å². The van der Waals surface area contributed by atoms with Crippen LogP contribution in [0.15, 0.2) is 23.3 Å². The number of carbonyl (C=O) groups excluding carboxylic acids is 1. The Hall–Kier alpha value is -2.61. The number of aromatic hydroxyl groups is 1. The summed E-state index contributed by atoms with van der Waals surface area (Å²) >= 11 is 1.12. The van der Waals surface area contributed by atoms with Crippen molar-refractivity contribution >= 4 is 28.6 Å². The SMILES string of the molecule is CCOc1cccc(/C=N\NC(=O)c2sc(N)nc2CC)c1O. The van der Waals surface area contributed by atoms with E-state index >= 15 is 0 Å². The largest absolute Gasteiger partial charge is 0.504 e. The molecular weight excluding hydrogens is 316 g/mol. The Morgan fingerprint density at radius 1 is 1.52 bits per heavy atom. The maximum absolute atomic E-state index is 12.1. The number of ether oxygens (including phenoxy) is 1. The van der Waals surface area contributed by atoms with Gasteiger partial charge < -0.3 is 15.6 Å². The topological polar surface area (TPSA) is 110 Å². The molecule has 7 nitrogen and oxygen atoms in total. The van der Waals surface area contributed by atoms with Gasteiger partial charge in [0.25, 0.3) is 5.91 Å². The zero-order valence-electron chi connectivity index (χ0n) is 12.9. The first-order chi connectivity index (χ1) is 11.1. The minimum Gasteiger partial charge on any atom is -0.504 e. The molecule has 0 fully saturated rings. The number of anilines is 1. The highest BCUT2D eigenvalue weighted by atomic mass is 32.1. The second-order valence-electron chi connectivity index (χ2n) is 4.51. The molecule has 1 heterocycles. The van der Waals surface area contributed by atoms with Crippen molar-refractivity contribution in [2.24, 2.45) is 5.10 Å². The van der Waals surface area contributed by atoms with Crippen LogP contribution in [0.25, 0.3) is 0 Å².